The molecule has 0 aliphatic carbocycles. The second kappa shape index (κ2) is 9.91. The summed E-state index contributed by atoms with van der Waals surface area (Å²) in [5, 5.41) is 13.3. The molecule has 0 unspecified atom stereocenters. The molecule has 1 aromatic heterocycles. The smallest absolute Gasteiger partial charge is 0.148 e. The number of hydrogen-bond donors (Lipinski definition) is 1. The first-order chi connectivity index (χ1) is 9.15. The van der Waals surface area contributed by atoms with Crippen LogP contribution in [-0.2, 0) is 0 Å². The summed E-state index contributed by atoms with van der Waals surface area (Å²) >= 11 is 18.4. The Balaban J connectivity index is 0.00000200. The van der Waals surface area contributed by atoms with Crippen LogP contribution in [0, 0.1) is 11.3 Å². The van der Waals surface area contributed by atoms with Crippen molar-refractivity contribution in [2.75, 3.05) is 26.2 Å². The second-order valence-corrected chi connectivity index (χ2v) is 5.43. The van der Waals surface area contributed by atoms with Gasteiger partial charge in [0.05, 0.1) is 28.6 Å². The number of aromatic nitrogens is 1. The van der Waals surface area contributed by atoms with E-state index in [1.165, 1.54) is 6.20 Å². The Labute approximate surface area is 151 Å². The van der Waals surface area contributed by atoms with E-state index in [-0.39, 0.29) is 36.0 Å². The van der Waals surface area contributed by atoms with Crippen LogP contribution in [0.3, 0.4) is 0 Å². The first kappa shape index (κ1) is 21.0. The lowest BCUT2D eigenvalue weighted by molar-refractivity contribution is 0.175. The van der Waals surface area contributed by atoms with Crippen molar-refractivity contribution in [1.29, 1.82) is 5.26 Å². The fourth-order valence-corrected chi connectivity index (χ4v) is 3.00. The average Bonchev–Trinajstić information content (AvgIpc) is 2.43. The Kier molecular flexibility index (Phi) is 9.92. The highest BCUT2D eigenvalue weighted by atomic mass is 35.5. The molecule has 0 saturated carbocycles. The lowest BCUT2D eigenvalue weighted by atomic mass is 10.0. The van der Waals surface area contributed by atoms with Gasteiger partial charge in [0, 0.05) is 37.9 Å². The molecular weight excluding hydrogens is 377 g/mol. The molecule has 1 aromatic rings. The molecule has 1 fully saturated rings. The summed E-state index contributed by atoms with van der Waals surface area (Å²) in [6.07, 6.45) is 1.80. The van der Waals surface area contributed by atoms with Gasteiger partial charge in [0.15, 0.2) is 0 Å². The molecule has 1 atom stereocenters. The fraction of sp³-hybridized carbons (Fsp3) is 0.500. The zero-order valence-electron chi connectivity index (χ0n) is 11.0. The summed E-state index contributed by atoms with van der Waals surface area (Å²) in [6.45, 7) is 3.46. The molecule has 21 heavy (non-hydrogen) atoms. The highest BCUT2D eigenvalue weighted by Gasteiger charge is 2.27. The lowest BCUT2D eigenvalue weighted by Gasteiger charge is -2.34. The molecule has 1 saturated heterocycles. The molecular formula is C12H15Cl5N4. The van der Waals surface area contributed by atoms with E-state index in [4.69, 9.17) is 40.1 Å². The third kappa shape index (κ3) is 5.01. The lowest BCUT2D eigenvalue weighted by Crippen LogP contribution is -2.45. The van der Waals surface area contributed by atoms with E-state index in [2.05, 4.69) is 21.3 Å². The van der Waals surface area contributed by atoms with Gasteiger partial charge in [-0.1, -0.05) is 34.8 Å². The third-order valence-corrected chi connectivity index (χ3v) is 4.24. The summed E-state index contributed by atoms with van der Waals surface area (Å²) in [4.78, 5) is 6.11. The summed E-state index contributed by atoms with van der Waals surface area (Å²) in [7, 11) is 0. The molecule has 118 valence electrons. The summed E-state index contributed by atoms with van der Waals surface area (Å²) in [6, 6.07) is 2.05. The van der Waals surface area contributed by atoms with E-state index in [1.807, 2.05) is 0 Å². The van der Waals surface area contributed by atoms with E-state index in [0.717, 1.165) is 26.2 Å². The van der Waals surface area contributed by atoms with Crippen molar-refractivity contribution in [3.63, 3.8) is 0 Å². The molecule has 2 rings (SSSR count). The normalized spacial score (nSPS) is 16.3. The highest BCUT2D eigenvalue weighted by molar-refractivity contribution is 6.43. The molecule has 1 N–H and O–H groups in total. The molecule has 1 aliphatic rings. The van der Waals surface area contributed by atoms with Crippen molar-refractivity contribution in [3.05, 3.63) is 27.0 Å². The topological polar surface area (TPSA) is 52.0 Å². The van der Waals surface area contributed by atoms with Gasteiger partial charge in [-0.25, -0.2) is 4.98 Å². The molecule has 0 amide bonds. The minimum Gasteiger partial charge on any atom is -0.314 e. The zero-order valence-corrected chi connectivity index (χ0v) is 14.9. The zero-order chi connectivity index (χ0) is 13.8. The minimum atomic E-state index is -0.146. The predicted molar refractivity (Wildman–Crippen MR) is 91.2 cm³/mol. The third-order valence-electron chi connectivity index (χ3n) is 3.18. The SMILES string of the molecule is Cl.Cl.N#CC[C@H](c1c(Cl)cnc(Cl)c1Cl)N1CCNCC1. The van der Waals surface area contributed by atoms with Gasteiger partial charge in [0.25, 0.3) is 0 Å². The number of nitriles is 1. The number of rotatable bonds is 3. The van der Waals surface area contributed by atoms with Gasteiger partial charge < -0.3 is 5.32 Å². The molecule has 2 heterocycles. The Morgan fingerprint density at radius 3 is 2.48 bits per heavy atom. The number of hydrogen-bond acceptors (Lipinski definition) is 4. The Morgan fingerprint density at radius 2 is 1.90 bits per heavy atom. The number of halogens is 5. The van der Waals surface area contributed by atoms with Gasteiger partial charge in [0.1, 0.15) is 5.15 Å². The Bertz CT molecular complexity index is 499. The Morgan fingerprint density at radius 1 is 1.29 bits per heavy atom. The molecule has 0 bridgehead atoms. The first-order valence-electron chi connectivity index (χ1n) is 5.96. The van der Waals surface area contributed by atoms with Gasteiger partial charge in [0.2, 0.25) is 0 Å². The van der Waals surface area contributed by atoms with E-state index < -0.39 is 0 Å². The van der Waals surface area contributed by atoms with Crippen LogP contribution >= 0.6 is 59.6 Å². The van der Waals surface area contributed by atoms with Crippen LogP contribution in [0.15, 0.2) is 6.20 Å². The van der Waals surface area contributed by atoms with E-state index in [9.17, 15) is 0 Å². The van der Waals surface area contributed by atoms with Gasteiger partial charge >= 0.3 is 0 Å². The molecule has 0 aromatic carbocycles. The van der Waals surface area contributed by atoms with Crippen LogP contribution < -0.4 is 5.32 Å². The number of nitrogens with zero attached hydrogens (tertiary/aromatic N) is 3. The maximum Gasteiger partial charge on any atom is 0.148 e. The van der Waals surface area contributed by atoms with Crippen molar-refractivity contribution < 1.29 is 0 Å². The van der Waals surface area contributed by atoms with E-state index >= 15 is 0 Å². The first-order valence-corrected chi connectivity index (χ1v) is 7.09. The summed E-state index contributed by atoms with van der Waals surface area (Å²) in [5.41, 5.74) is 0.701. The van der Waals surface area contributed by atoms with Crippen molar-refractivity contribution in [2.24, 2.45) is 0 Å². The number of piperazine rings is 1. The van der Waals surface area contributed by atoms with Crippen molar-refractivity contribution in [1.82, 2.24) is 15.2 Å². The van der Waals surface area contributed by atoms with Crippen LogP contribution in [0.25, 0.3) is 0 Å². The molecule has 0 spiro atoms. The molecule has 4 nitrogen and oxygen atoms in total. The van der Waals surface area contributed by atoms with Crippen LogP contribution in [0.5, 0.6) is 0 Å². The van der Waals surface area contributed by atoms with Gasteiger partial charge in [-0.05, 0) is 0 Å². The fourth-order valence-electron chi connectivity index (χ4n) is 2.25. The minimum absolute atomic E-state index is 0. The van der Waals surface area contributed by atoms with Crippen molar-refractivity contribution >= 4 is 59.6 Å². The predicted octanol–water partition coefficient (Wildman–Crippen LogP) is 3.75. The standard InChI is InChI=1S/C12H13Cl3N4.2ClH/c13-8-7-18-12(15)11(14)10(8)9(1-2-16)19-5-3-17-4-6-19;;/h7,9,17H,1,3-6H2;2*1H/t9-;;/m1../s1. The molecule has 9 heteroatoms. The second-order valence-electron chi connectivity index (χ2n) is 4.29. The number of nitrogens with one attached hydrogen (secondary N) is 1. The van der Waals surface area contributed by atoms with Crippen LogP contribution in [-0.4, -0.2) is 36.1 Å². The van der Waals surface area contributed by atoms with Crippen LogP contribution in [0.2, 0.25) is 15.2 Å². The van der Waals surface area contributed by atoms with E-state index in [0.29, 0.717) is 22.0 Å². The molecule has 0 radical (unpaired) electrons. The highest BCUT2D eigenvalue weighted by Crippen LogP contribution is 2.38. The van der Waals surface area contributed by atoms with Gasteiger partial charge in [-0.3, -0.25) is 4.90 Å². The maximum atomic E-state index is 9.05. The van der Waals surface area contributed by atoms with Crippen molar-refractivity contribution in [2.45, 2.75) is 12.5 Å². The van der Waals surface area contributed by atoms with Gasteiger partial charge in [-0.2, -0.15) is 5.26 Å². The maximum absolute atomic E-state index is 9.05. The molecule has 1 aliphatic heterocycles. The summed E-state index contributed by atoms with van der Waals surface area (Å²) in [5.74, 6) is 0. The average molecular weight is 393 g/mol. The quantitative estimate of drug-likeness (QED) is 0.796. The monoisotopic (exact) mass is 390 g/mol. The van der Waals surface area contributed by atoms with Crippen LogP contribution in [0.1, 0.15) is 18.0 Å². The van der Waals surface area contributed by atoms with E-state index in [1.54, 1.807) is 0 Å². The number of pyridine rings is 1. The van der Waals surface area contributed by atoms with Crippen molar-refractivity contribution in [3.8, 4) is 6.07 Å². The van der Waals surface area contributed by atoms with Gasteiger partial charge in [-0.15, -0.1) is 24.8 Å². The largest absolute Gasteiger partial charge is 0.314 e. The summed E-state index contributed by atoms with van der Waals surface area (Å²) < 4.78 is 0. The van der Waals surface area contributed by atoms with Crippen LogP contribution in [0.4, 0.5) is 0 Å². The Hall–Kier alpha value is 0.01000.